The van der Waals surface area contributed by atoms with Crippen LogP contribution in [0, 0.1) is 11.3 Å². The molecule has 1 fully saturated rings. The molecule has 3 rings (SSSR count). The number of nitrogens with zero attached hydrogens (tertiary/aromatic N) is 3. The quantitative estimate of drug-likeness (QED) is 0.791. The summed E-state index contributed by atoms with van der Waals surface area (Å²) >= 11 is 1.54. The highest BCUT2D eigenvalue weighted by atomic mass is 32.2. The lowest BCUT2D eigenvalue weighted by atomic mass is 10.2. The van der Waals surface area contributed by atoms with Crippen LogP contribution < -0.4 is 0 Å². The first-order valence-corrected chi connectivity index (χ1v) is 7.36. The smallest absolute Gasteiger partial charge is 0.169 e. The van der Waals surface area contributed by atoms with Crippen LogP contribution >= 0.6 is 11.8 Å². The fourth-order valence-electron chi connectivity index (χ4n) is 2.12. The van der Waals surface area contributed by atoms with Crippen molar-refractivity contribution < 1.29 is 0 Å². The Hall–Kier alpha value is -1.73. The van der Waals surface area contributed by atoms with Gasteiger partial charge in [0.2, 0.25) is 0 Å². The molecule has 1 aromatic heterocycles. The summed E-state index contributed by atoms with van der Waals surface area (Å²) in [5.74, 6) is 0. The Morgan fingerprint density at radius 3 is 2.74 bits per heavy atom. The molecular formula is C15H15N3S. The van der Waals surface area contributed by atoms with Crippen molar-refractivity contribution >= 4 is 11.8 Å². The van der Waals surface area contributed by atoms with Crippen molar-refractivity contribution in [3.63, 3.8) is 0 Å². The topological polar surface area (TPSA) is 41.6 Å². The minimum atomic E-state index is -0.0662. The molecule has 0 spiro atoms. The molecule has 0 aliphatic heterocycles. The normalized spacial score (nSPS) is 16.0. The van der Waals surface area contributed by atoms with Crippen molar-refractivity contribution in [2.75, 3.05) is 0 Å². The van der Waals surface area contributed by atoms with Gasteiger partial charge in [-0.1, -0.05) is 42.1 Å². The van der Waals surface area contributed by atoms with Crippen LogP contribution in [-0.4, -0.2) is 14.8 Å². The van der Waals surface area contributed by atoms with Crippen LogP contribution in [0.3, 0.4) is 0 Å². The SMILES string of the molecule is C[C@H](C#N)Sc1ncc(-c2ccccc2)n1C1CC1. The minimum absolute atomic E-state index is 0.0662. The van der Waals surface area contributed by atoms with Crippen molar-refractivity contribution in [3.8, 4) is 17.3 Å². The molecule has 4 heteroatoms. The monoisotopic (exact) mass is 269 g/mol. The molecular weight excluding hydrogens is 254 g/mol. The summed E-state index contributed by atoms with van der Waals surface area (Å²) in [5, 5.41) is 9.86. The first kappa shape index (κ1) is 12.3. The molecule has 2 aromatic rings. The zero-order chi connectivity index (χ0) is 13.2. The second kappa shape index (κ2) is 5.10. The summed E-state index contributed by atoms with van der Waals surface area (Å²) in [6.45, 7) is 1.92. The van der Waals surface area contributed by atoms with Gasteiger partial charge in [0.15, 0.2) is 5.16 Å². The Bertz CT molecular complexity index is 608. The molecule has 19 heavy (non-hydrogen) atoms. The molecule has 0 N–H and O–H groups in total. The van der Waals surface area contributed by atoms with E-state index in [1.54, 1.807) is 11.8 Å². The zero-order valence-corrected chi connectivity index (χ0v) is 11.6. The summed E-state index contributed by atoms with van der Waals surface area (Å²) in [7, 11) is 0. The van der Waals surface area contributed by atoms with E-state index in [4.69, 9.17) is 5.26 Å². The Kier molecular flexibility index (Phi) is 3.31. The number of aromatic nitrogens is 2. The second-order valence-corrected chi connectivity index (χ2v) is 6.09. The third kappa shape index (κ3) is 2.52. The molecule has 1 saturated carbocycles. The van der Waals surface area contributed by atoms with Crippen molar-refractivity contribution in [1.29, 1.82) is 5.26 Å². The number of benzene rings is 1. The van der Waals surface area contributed by atoms with Gasteiger partial charge in [-0.2, -0.15) is 5.26 Å². The number of hydrogen-bond acceptors (Lipinski definition) is 3. The van der Waals surface area contributed by atoms with E-state index in [9.17, 15) is 0 Å². The van der Waals surface area contributed by atoms with Crippen LogP contribution in [0.4, 0.5) is 0 Å². The van der Waals surface area contributed by atoms with Crippen LogP contribution in [0.1, 0.15) is 25.8 Å². The average molecular weight is 269 g/mol. The van der Waals surface area contributed by atoms with Crippen molar-refractivity contribution in [2.45, 2.75) is 36.2 Å². The lowest BCUT2D eigenvalue weighted by Gasteiger charge is -2.11. The van der Waals surface area contributed by atoms with E-state index in [0.29, 0.717) is 6.04 Å². The van der Waals surface area contributed by atoms with Crippen LogP contribution in [0.2, 0.25) is 0 Å². The van der Waals surface area contributed by atoms with Gasteiger partial charge in [-0.15, -0.1) is 0 Å². The zero-order valence-electron chi connectivity index (χ0n) is 10.8. The Morgan fingerprint density at radius 2 is 2.11 bits per heavy atom. The Labute approximate surface area is 117 Å². The number of nitriles is 1. The summed E-state index contributed by atoms with van der Waals surface area (Å²) in [5.41, 5.74) is 2.36. The lowest BCUT2D eigenvalue weighted by molar-refractivity contribution is 0.669. The van der Waals surface area contributed by atoms with Crippen LogP contribution in [0.5, 0.6) is 0 Å². The first-order chi connectivity index (χ1) is 9.29. The molecule has 0 radical (unpaired) electrons. The highest BCUT2D eigenvalue weighted by molar-refractivity contribution is 8.00. The third-order valence-electron chi connectivity index (χ3n) is 3.21. The van der Waals surface area contributed by atoms with Gasteiger partial charge < -0.3 is 4.57 Å². The second-order valence-electron chi connectivity index (χ2n) is 4.78. The molecule has 0 unspecified atom stereocenters. The summed E-state index contributed by atoms with van der Waals surface area (Å²) in [4.78, 5) is 4.52. The molecule has 96 valence electrons. The van der Waals surface area contributed by atoms with Gasteiger partial charge in [0, 0.05) is 6.04 Å². The molecule has 1 aromatic carbocycles. The molecule has 0 bridgehead atoms. The van der Waals surface area contributed by atoms with Gasteiger partial charge in [0.05, 0.1) is 23.2 Å². The van der Waals surface area contributed by atoms with E-state index in [1.165, 1.54) is 18.4 Å². The summed E-state index contributed by atoms with van der Waals surface area (Å²) in [6.07, 6.45) is 4.36. The van der Waals surface area contributed by atoms with Crippen LogP contribution in [0.25, 0.3) is 11.3 Å². The summed E-state index contributed by atoms with van der Waals surface area (Å²) < 4.78 is 2.30. The number of imidazole rings is 1. The number of hydrogen-bond donors (Lipinski definition) is 0. The maximum atomic E-state index is 8.96. The van der Waals surface area contributed by atoms with Crippen molar-refractivity contribution in [1.82, 2.24) is 9.55 Å². The highest BCUT2D eigenvalue weighted by Crippen LogP contribution is 2.42. The standard InChI is InChI=1S/C15H15N3S/c1-11(9-16)19-15-17-10-14(18(15)13-7-8-13)12-5-3-2-4-6-12/h2-6,10-11,13H,7-8H2,1H3/t11-/m1/s1. The van der Waals surface area contributed by atoms with Gasteiger partial charge >= 0.3 is 0 Å². The fraction of sp³-hybridized carbons (Fsp3) is 0.333. The van der Waals surface area contributed by atoms with E-state index in [1.807, 2.05) is 31.3 Å². The fourth-order valence-corrected chi connectivity index (χ4v) is 2.97. The van der Waals surface area contributed by atoms with Gasteiger partial charge in [-0.3, -0.25) is 0 Å². The highest BCUT2D eigenvalue weighted by Gasteiger charge is 2.29. The lowest BCUT2D eigenvalue weighted by Crippen LogP contribution is -2.01. The van der Waals surface area contributed by atoms with Gasteiger partial charge in [-0.05, 0) is 25.3 Å². The predicted molar refractivity (Wildman–Crippen MR) is 76.9 cm³/mol. The van der Waals surface area contributed by atoms with E-state index < -0.39 is 0 Å². The Balaban J connectivity index is 2.00. The summed E-state index contributed by atoms with van der Waals surface area (Å²) in [6, 6.07) is 13.2. The van der Waals surface area contributed by atoms with Crippen LogP contribution in [0.15, 0.2) is 41.7 Å². The van der Waals surface area contributed by atoms with Gasteiger partial charge in [0.1, 0.15) is 0 Å². The average Bonchev–Trinajstić information content (AvgIpc) is 3.21. The van der Waals surface area contributed by atoms with Crippen LogP contribution in [-0.2, 0) is 0 Å². The first-order valence-electron chi connectivity index (χ1n) is 6.48. The van der Waals surface area contributed by atoms with E-state index in [-0.39, 0.29) is 5.25 Å². The maximum absolute atomic E-state index is 8.96. The molecule has 1 aliphatic rings. The third-order valence-corrected chi connectivity index (χ3v) is 4.18. The van der Waals surface area contributed by atoms with Gasteiger partial charge in [-0.25, -0.2) is 4.98 Å². The molecule has 1 atom stereocenters. The largest absolute Gasteiger partial charge is 0.316 e. The molecule has 1 heterocycles. The molecule has 1 aliphatic carbocycles. The number of rotatable bonds is 4. The minimum Gasteiger partial charge on any atom is -0.316 e. The van der Waals surface area contributed by atoms with E-state index in [2.05, 4.69) is 27.8 Å². The Morgan fingerprint density at radius 1 is 1.37 bits per heavy atom. The molecule has 0 saturated heterocycles. The predicted octanol–water partition coefficient (Wildman–Crippen LogP) is 3.89. The molecule has 3 nitrogen and oxygen atoms in total. The van der Waals surface area contributed by atoms with Gasteiger partial charge in [0.25, 0.3) is 0 Å². The van der Waals surface area contributed by atoms with E-state index in [0.717, 1.165) is 10.9 Å². The maximum Gasteiger partial charge on any atom is 0.169 e. The van der Waals surface area contributed by atoms with Crippen molar-refractivity contribution in [2.24, 2.45) is 0 Å². The van der Waals surface area contributed by atoms with Crippen molar-refractivity contribution in [3.05, 3.63) is 36.5 Å². The number of thioether (sulfide) groups is 1. The van der Waals surface area contributed by atoms with E-state index >= 15 is 0 Å². The molecule has 0 amide bonds.